The van der Waals surface area contributed by atoms with E-state index in [0.29, 0.717) is 0 Å². The van der Waals surface area contributed by atoms with Gasteiger partial charge in [0.15, 0.2) is 0 Å². The maximum atomic E-state index is 2.48. The number of aromatic nitrogens is 1. The van der Waals surface area contributed by atoms with Gasteiger partial charge in [-0.1, -0.05) is 164 Å². The second-order valence-corrected chi connectivity index (χ2v) is 14.3. The molecule has 11 aromatic carbocycles. The highest BCUT2D eigenvalue weighted by Gasteiger charge is 2.24. The fourth-order valence-corrected chi connectivity index (χ4v) is 9.63. The minimum absolute atomic E-state index is 1.18. The van der Waals surface area contributed by atoms with Gasteiger partial charge in [-0.2, -0.15) is 0 Å². The summed E-state index contributed by atoms with van der Waals surface area (Å²) in [6.45, 7) is 0. The van der Waals surface area contributed by atoms with E-state index in [-0.39, 0.29) is 0 Å². The molecule has 0 amide bonds. The zero-order chi connectivity index (χ0) is 34.6. The molecule has 0 N–H and O–H groups in total. The minimum atomic E-state index is 1.18. The quantitative estimate of drug-likeness (QED) is 0.130. The van der Waals surface area contributed by atoms with E-state index < -0.39 is 0 Å². The summed E-state index contributed by atoms with van der Waals surface area (Å²) in [5.41, 5.74) is 8.80. The van der Waals surface area contributed by atoms with E-state index in [2.05, 4.69) is 193 Å². The van der Waals surface area contributed by atoms with Crippen LogP contribution in [0.1, 0.15) is 0 Å². The molecule has 0 aliphatic heterocycles. The van der Waals surface area contributed by atoms with Crippen molar-refractivity contribution < 1.29 is 0 Å². The molecule has 0 aliphatic carbocycles. The molecule has 0 aliphatic rings. The molecular weight excluding hydrogens is 639 g/mol. The van der Waals surface area contributed by atoms with Crippen LogP contribution in [0.5, 0.6) is 0 Å². The van der Waals surface area contributed by atoms with Gasteiger partial charge in [-0.15, -0.1) is 0 Å². The average Bonchev–Trinajstić information content (AvgIpc) is 3.58. The lowest BCUT2D eigenvalue weighted by molar-refractivity contribution is 1.19. The van der Waals surface area contributed by atoms with Gasteiger partial charge >= 0.3 is 0 Å². The lowest BCUT2D eigenvalue weighted by atomic mass is 9.82. The smallest absolute Gasteiger partial charge is 0.0626 e. The Hall–Kier alpha value is -6.96. The predicted molar refractivity (Wildman–Crippen MR) is 228 cm³/mol. The Bertz CT molecular complexity index is 3380. The number of para-hydroxylation sites is 2. The molecule has 53 heavy (non-hydrogen) atoms. The van der Waals surface area contributed by atoms with Crippen molar-refractivity contribution in [1.82, 2.24) is 4.57 Å². The van der Waals surface area contributed by atoms with Crippen LogP contribution < -0.4 is 0 Å². The van der Waals surface area contributed by atoms with E-state index in [1.807, 2.05) is 0 Å². The summed E-state index contributed by atoms with van der Waals surface area (Å²) < 4.78 is 2.48. The first kappa shape index (κ1) is 28.7. The van der Waals surface area contributed by atoms with Crippen LogP contribution >= 0.6 is 0 Å². The summed E-state index contributed by atoms with van der Waals surface area (Å²) in [6.07, 6.45) is 0. The Kier molecular flexibility index (Phi) is 5.84. The van der Waals surface area contributed by atoms with Crippen LogP contribution in [0.4, 0.5) is 0 Å². The largest absolute Gasteiger partial charge is 0.309 e. The minimum Gasteiger partial charge on any atom is -0.309 e. The van der Waals surface area contributed by atoms with Crippen molar-refractivity contribution in [3.8, 4) is 27.9 Å². The third kappa shape index (κ3) is 3.86. The maximum absolute atomic E-state index is 2.48. The fourth-order valence-electron chi connectivity index (χ4n) is 9.63. The van der Waals surface area contributed by atoms with Crippen molar-refractivity contribution in [3.63, 3.8) is 0 Å². The van der Waals surface area contributed by atoms with Gasteiger partial charge in [0, 0.05) is 27.2 Å². The molecule has 1 aromatic heterocycles. The third-order valence-corrected chi connectivity index (χ3v) is 11.7. The van der Waals surface area contributed by atoms with Crippen molar-refractivity contribution >= 4 is 86.4 Å². The number of rotatable bonds is 3. The van der Waals surface area contributed by atoms with Gasteiger partial charge < -0.3 is 4.57 Å². The topological polar surface area (TPSA) is 4.93 Å². The highest BCUT2D eigenvalue weighted by atomic mass is 15.0. The van der Waals surface area contributed by atoms with E-state index in [1.165, 1.54) is 114 Å². The van der Waals surface area contributed by atoms with E-state index >= 15 is 0 Å². The Morgan fingerprint density at radius 1 is 0.283 bits per heavy atom. The van der Waals surface area contributed by atoms with Crippen LogP contribution in [-0.4, -0.2) is 4.57 Å². The van der Waals surface area contributed by atoms with Crippen LogP contribution in [0.25, 0.3) is 114 Å². The SMILES string of the molecule is c1ccc(-n2c3ccccc3c3c4cccc5cc(-c6c7ccccc7c(-c7cccc8ccccc78)c7ccccc67)c6cccc(c6c54)c32)cc1. The summed E-state index contributed by atoms with van der Waals surface area (Å²) in [5.74, 6) is 0. The molecule has 0 radical (unpaired) electrons. The van der Waals surface area contributed by atoms with E-state index in [4.69, 9.17) is 0 Å². The Morgan fingerprint density at radius 2 is 0.792 bits per heavy atom. The van der Waals surface area contributed by atoms with E-state index in [1.54, 1.807) is 0 Å². The fraction of sp³-hybridized carbons (Fsp3) is 0. The molecular formula is C52H31N. The van der Waals surface area contributed by atoms with Gasteiger partial charge in [0.25, 0.3) is 0 Å². The van der Waals surface area contributed by atoms with Gasteiger partial charge in [0.05, 0.1) is 11.0 Å². The van der Waals surface area contributed by atoms with Crippen molar-refractivity contribution in [2.45, 2.75) is 0 Å². The Labute approximate surface area is 305 Å². The second kappa shape index (κ2) is 10.8. The normalized spacial score (nSPS) is 12.2. The standard InChI is InChI=1S/C52H31N/c1-2-18-34(19-3-1)53-46-30-11-10-25-42(46)51-43-28-13-17-33-31-45(41-27-14-29-44(52(51)53)50(41)47(33)43)49-39-23-8-6-21-37(39)48(38-22-7-9-24-40(38)49)36-26-12-16-32-15-4-5-20-35(32)36/h1-31H. The first-order valence-corrected chi connectivity index (χ1v) is 18.5. The molecule has 0 atom stereocenters. The molecule has 0 bridgehead atoms. The summed E-state index contributed by atoms with van der Waals surface area (Å²) in [5, 5.41) is 18.0. The first-order valence-electron chi connectivity index (χ1n) is 18.5. The molecule has 0 spiro atoms. The number of benzene rings is 11. The molecule has 0 saturated carbocycles. The number of hydrogen-bond donors (Lipinski definition) is 0. The first-order chi connectivity index (χ1) is 26.3. The molecule has 1 nitrogen and oxygen atoms in total. The van der Waals surface area contributed by atoms with Crippen molar-refractivity contribution in [3.05, 3.63) is 188 Å². The summed E-state index contributed by atoms with van der Waals surface area (Å²) >= 11 is 0. The Morgan fingerprint density at radius 3 is 1.55 bits per heavy atom. The monoisotopic (exact) mass is 669 g/mol. The summed E-state index contributed by atoms with van der Waals surface area (Å²) in [6, 6.07) is 69.7. The van der Waals surface area contributed by atoms with Gasteiger partial charge in [-0.05, 0) is 100 Å². The Balaban J connectivity index is 1.28. The van der Waals surface area contributed by atoms with Crippen LogP contribution in [0.3, 0.4) is 0 Å². The van der Waals surface area contributed by atoms with Gasteiger partial charge in [0.1, 0.15) is 0 Å². The number of hydrogen-bond acceptors (Lipinski definition) is 0. The van der Waals surface area contributed by atoms with Crippen LogP contribution in [0.15, 0.2) is 188 Å². The molecule has 1 heteroatoms. The molecule has 1 heterocycles. The van der Waals surface area contributed by atoms with Crippen molar-refractivity contribution in [1.29, 1.82) is 0 Å². The zero-order valence-corrected chi connectivity index (χ0v) is 28.8. The maximum Gasteiger partial charge on any atom is 0.0626 e. The number of nitrogens with zero attached hydrogens (tertiary/aromatic N) is 1. The average molecular weight is 670 g/mol. The molecule has 0 unspecified atom stereocenters. The van der Waals surface area contributed by atoms with E-state index in [9.17, 15) is 0 Å². The molecule has 12 aromatic rings. The van der Waals surface area contributed by atoms with Gasteiger partial charge in [-0.25, -0.2) is 0 Å². The van der Waals surface area contributed by atoms with Crippen LogP contribution in [-0.2, 0) is 0 Å². The second-order valence-electron chi connectivity index (χ2n) is 14.3. The van der Waals surface area contributed by atoms with Crippen LogP contribution in [0, 0.1) is 0 Å². The highest BCUT2D eigenvalue weighted by molar-refractivity contribution is 6.40. The molecule has 244 valence electrons. The third-order valence-electron chi connectivity index (χ3n) is 11.7. The number of fused-ring (bicyclic) bond motifs is 8. The molecule has 12 rings (SSSR count). The summed E-state index contributed by atoms with van der Waals surface area (Å²) in [7, 11) is 0. The zero-order valence-electron chi connectivity index (χ0n) is 28.8. The lowest BCUT2D eigenvalue weighted by Crippen LogP contribution is -1.96. The molecule has 0 fully saturated rings. The van der Waals surface area contributed by atoms with Gasteiger partial charge in [0.2, 0.25) is 0 Å². The van der Waals surface area contributed by atoms with Crippen molar-refractivity contribution in [2.24, 2.45) is 0 Å². The van der Waals surface area contributed by atoms with Gasteiger partial charge in [-0.3, -0.25) is 0 Å². The highest BCUT2D eigenvalue weighted by Crippen LogP contribution is 2.51. The van der Waals surface area contributed by atoms with E-state index in [0.717, 1.165) is 0 Å². The predicted octanol–water partition coefficient (Wildman–Crippen LogP) is 14.5. The van der Waals surface area contributed by atoms with Crippen molar-refractivity contribution in [2.75, 3.05) is 0 Å². The van der Waals surface area contributed by atoms with Crippen LogP contribution in [0.2, 0.25) is 0 Å². The lowest BCUT2D eigenvalue weighted by Gasteiger charge is -2.21. The summed E-state index contributed by atoms with van der Waals surface area (Å²) in [4.78, 5) is 0. The molecule has 0 saturated heterocycles.